The molecule has 0 fully saturated rings. The quantitative estimate of drug-likeness (QED) is 0.546. The molecule has 4 rings (SSSR count). The number of amides is 1. The molecule has 6 heteroatoms. The molecule has 3 aromatic rings. The second-order valence-electron chi connectivity index (χ2n) is 7.90. The van der Waals surface area contributed by atoms with Gasteiger partial charge in [0.1, 0.15) is 23.9 Å². The summed E-state index contributed by atoms with van der Waals surface area (Å²) < 4.78 is 25.0. The molecule has 1 aliphatic heterocycles. The highest BCUT2D eigenvalue weighted by Gasteiger charge is 2.30. The third kappa shape index (κ3) is 5.19. The number of carbonyl (C=O) groups is 1. The third-order valence-electron chi connectivity index (χ3n) is 5.45. The number of nitrogens with one attached hydrogen (secondary N) is 1. The highest BCUT2D eigenvalue weighted by Crippen LogP contribution is 2.36. The Balaban J connectivity index is 1.50. The molecule has 0 aromatic heterocycles. The minimum atomic E-state index is -0.342. The Labute approximate surface area is 187 Å². The van der Waals surface area contributed by atoms with Crippen LogP contribution in [0.1, 0.15) is 24.5 Å². The Kier molecular flexibility index (Phi) is 6.59. The molecule has 0 spiro atoms. The van der Waals surface area contributed by atoms with Gasteiger partial charge in [0, 0.05) is 18.3 Å². The second-order valence-corrected chi connectivity index (χ2v) is 7.90. The predicted octanol–water partition coefficient (Wildman–Crippen LogP) is 5.33. The fourth-order valence-electron chi connectivity index (χ4n) is 3.81. The molecule has 0 bridgehead atoms. The Morgan fingerprint density at radius 1 is 1.12 bits per heavy atom. The van der Waals surface area contributed by atoms with Gasteiger partial charge in [-0.1, -0.05) is 29.8 Å². The third-order valence-corrected chi connectivity index (χ3v) is 5.45. The molecule has 5 nitrogen and oxygen atoms in total. The summed E-state index contributed by atoms with van der Waals surface area (Å²) in [5, 5.41) is 2.95. The van der Waals surface area contributed by atoms with Gasteiger partial charge >= 0.3 is 0 Å². The fourth-order valence-corrected chi connectivity index (χ4v) is 3.81. The van der Waals surface area contributed by atoms with Gasteiger partial charge in [0.25, 0.3) is 0 Å². The average Bonchev–Trinajstić information content (AvgIpc) is 2.78. The number of nitrogens with zero attached hydrogens (tertiary/aromatic N) is 1. The van der Waals surface area contributed by atoms with Crippen molar-refractivity contribution >= 4 is 17.3 Å². The largest absolute Gasteiger partial charge is 0.494 e. The molecule has 32 heavy (non-hydrogen) atoms. The fraction of sp³-hybridized carbons (Fsp3) is 0.269. The summed E-state index contributed by atoms with van der Waals surface area (Å²) in [6, 6.07) is 19.9. The molecule has 3 aromatic carbocycles. The van der Waals surface area contributed by atoms with Crippen molar-refractivity contribution in [2.45, 2.75) is 32.9 Å². The van der Waals surface area contributed by atoms with Crippen LogP contribution in [0.2, 0.25) is 0 Å². The van der Waals surface area contributed by atoms with E-state index in [2.05, 4.69) is 34.5 Å². The van der Waals surface area contributed by atoms with E-state index >= 15 is 0 Å². The molecule has 166 valence electrons. The van der Waals surface area contributed by atoms with Crippen LogP contribution >= 0.6 is 0 Å². The molecule has 1 amide bonds. The molecule has 1 atom stereocenters. The zero-order valence-electron chi connectivity index (χ0n) is 18.3. The molecule has 1 aliphatic rings. The zero-order chi connectivity index (χ0) is 22.5. The van der Waals surface area contributed by atoms with E-state index in [9.17, 15) is 9.18 Å². The number of hydrogen-bond acceptors (Lipinski definition) is 4. The second kappa shape index (κ2) is 9.73. The van der Waals surface area contributed by atoms with Gasteiger partial charge in [-0.05, 0) is 55.8 Å². The van der Waals surface area contributed by atoms with E-state index in [1.165, 1.54) is 17.7 Å². The molecule has 0 radical (unpaired) electrons. The van der Waals surface area contributed by atoms with Crippen LogP contribution in [-0.2, 0) is 11.3 Å². The number of halogens is 1. The van der Waals surface area contributed by atoms with Crippen molar-refractivity contribution in [1.82, 2.24) is 0 Å². The van der Waals surface area contributed by atoms with Crippen molar-refractivity contribution in [3.8, 4) is 11.5 Å². The van der Waals surface area contributed by atoms with Crippen LogP contribution in [-0.4, -0.2) is 25.2 Å². The minimum Gasteiger partial charge on any atom is -0.494 e. The minimum absolute atomic E-state index is 0.109. The maximum atomic E-state index is 13.7. The topological polar surface area (TPSA) is 50.8 Å². The van der Waals surface area contributed by atoms with Gasteiger partial charge in [-0.2, -0.15) is 0 Å². The summed E-state index contributed by atoms with van der Waals surface area (Å²) in [5.74, 6) is 0.813. The molecular weight excluding hydrogens is 407 g/mol. The highest BCUT2D eigenvalue weighted by molar-refractivity contribution is 5.91. The number of aryl methyl sites for hydroxylation is 1. The average molecular weight is 435 g/mol. The van der Waals surface area contributed by atoms with Crippen LogP contribution in [0.4, 0.5) is 15.8 Å². The van der Waals surface area contributed by atoms with Gasteiger partial charge < -0.3 is 19.7 Å². The Hall–Kier alpha value is -3.54. The van der Waals surface area contributed by atoms with E-state index in [-0.39, 0.29) is 24.2 Å². The summed E-state index contributed by atoms with van der Waals surface area (Å²) in [4.78, 5) is 14.9. The van der Waals surface area contributed by atoms with Gasteiger partial charge in [-0.3, -0.25) is 4.79 Å². The first kappa shape index (κ1) is 21.7. The molecule has 1 heterocycles. The van der Waals surface area contributed by atoms with Crippen molar-refractivity contribution in [3.63, 3.8) is 0 Å². The molecule has 0 unspecified atom stereocenters. The van der Waals surface area contributed by atoms with E-state index in [0.717, 1.165) is 17.0 Å². The van der Waals surface area contributed by atoms with Gasteiger partial charge in [-0.25, -0.2) is 4.39 Å². The normalized spacial score (nSPS) is 15.0. The first-order valence-corrected chi connectivity index (χ1v) is 10.8. The van der Waals surface area contributed by atoms with Crippen LogP contribution in [0.15, 0.2) is 66.7 Å². The van der Waals surface area contributed by atoms with Crippen molar-refractivity contribution in [1.29, 1.82) is 0 Å². The maximum absolute atomic E-state index is 13.7. The molecular formula is C26H27FN2O3. The molecule has 0 saturated carbocycles. The van der Waals surface area contributed by atoms with Gasteiger partial charge in [0.2, 0.25) is 5.91 Å². The lowest BCUT2D eigenvalue weighted by Crippen LogP contribution is -2.44. The highest BCUT2D eigenvalue weighted by atomic mass is 19.1. The summed E-state index contributed by atoms with van der Waals surface area (Å²) in [7, 11) is 0. The van der Waals surface area contributed by atoms with Crippen LogP contribution < -0.4 is 19.7 Å². The van der Waals surface area contributed by atoms with E-state index in [0.29, 0.717) is 31.2 Å². The standard InChI is InChI=1S/C26H27FN2O3/c1-3-31-23-11-9-21(10-12-23)28-26(30)15-22-17-32-25-14-20(27)8-13-24(25)29(22)16-19-6-4-18(2)5-7-19/h4-14,22H,3,15-17H2,1-2H3,(H,28,30)/t22-/m1/s1. The Morgan fingerprint density at radius 2 is 1.88 bits per heavy atom. The van der Waals surface area contributed by atoms with Crippen LogP contribution in [0.3, 0.4) is 0 Å². The summed E-state index contributed by atoms with van der Waals surface area (Å²) in [6.45, 7) is 5.47. The van der Waals surface area contributed by atoms with Gasteiger partial charge in [0.05, 0.1) is 24.8 Å². The predicted molar refractivity (Wildman–Crippen MR) is 124 cm³/mol. The Morgan fingerprint density at radius 3 is 2.59 bits per heavy atom. The monoisotopic (exact) mass is 434 g/mol. The number of anilines is 2. The number of fused-ring (bicyclic) bond motifs is 1. The summed E-state index contributed by atoms with van der Waals surface area (Å²) in [5.41, 5.74) is 3.80. The lowest BCUT2D eigenvalue weighted by Gasteiger charge is -2.38. The van der Waals surface area contributed by atoms with Crippen LogP contribution in [0, 0.1) is 12.7 Å². The lowest BCUT2D eigenvalue weighted by atomic mass is 10.1. The van der Waals surface area contributed by atoms with E-state index < -0.39 is 0 Å². The Bertz CT molecular complexity index is 1070. The van der Waals surface area contributed by atoms with Gasteiger partial charge in [0.15, 0.2) is 0 Å². The number of rotatable bonds is 7. The molecule has 0 saturated heterocycles. The number of ether oxygens (including phenoxy) is 2. The van der Waals surface area contributed by atoms with Crippen LogP contribution in [0.25, 0.3) is 0 Å². The number of hydrogen-bond donors (Lipinski definition) is 1. The van der Waals surface area contributed by atoms with Crippen LogP contribution in [0.5, 0.6) is 11.5 Å². The number of benzene rings is 3. The first-order valence-electron chi connectivity index (χ1n) is 10.8. The lowest BCUT2D eigenvalue weighted by molar-refractivity contribution is -0.116. The molecule has 0 aliphatic carbocycles. The summed E-state index contributed by atoms with van der Waals surface area (Å²) in [6.07, 6.45) is 0.246. The van der Waals surface area contributed by atoms with Gasteiger partial charge in [-0.15, -0.1) is 0 Å². The first-order chi connectivity index (χ1) is 15.5. The zero-order valence-corrected chi connectivity index (χ0v) is 18.3. The van der Waals surface area contributed by atoms with Crippen molar-refractivity contribution in [3.05, 3.63) is 83.7 Å². The SMILES string of the molecule is CCOc1ccc(NC(=O)C[C@@H]2COc3cc(F)ccc3N2Cc2ccc(C)cc2)cc1. The van der Waals surface area contributed by atoms with E-state index in [1.807, 2.05) is 38.1 Å². The van der Waals surface area contributed by atoms with Crippen molar-refractivity contribution < 1.29 is 18.7 Å². The van der Waals surface area contributed by atoms with Crippen molar-refractivity contribution in [2.24, 2.45) is 0 Å². The van der Waals surface area contributed by atoms with E-state index in [4.69, 9.17) is 9.47 Å². The summed E-state index contributed by atoms with van der Waals surface area (Å²) >= 11 is 0. The van der Waals surface area contributed by atoms with E-state index in [1.54, 1.807) is 6.07 Å². The smallest absolute Gasteiger partial charge is 0.226 e. The van der Waals surface area contributed by atoms with Crippen molar-refractivity contribution in [2.75, 3.05) is 23.4 Å². The maximum Gasteiger partial charge on any atom is 0.226 e. The number of carbonyl (C=O) groups excluding carboxylic acids is 1. The molecule has 1 N–H and O–H groups in total.